The van der Waals surface area contributed by atoms with E-state index in [0.29, 0.717) is 5.75 Å². The molecule has 0 spiro atoms. The molecule has 0 aliphatic carbocycles. The summed E-state index contributed by atoms with van der Waals surface area (Å²) in [6.45, 7) is 0. The van der Waals surface area contributed by atoms with Crippen molar-refractivity contribution in [2.24, 2.45) is 0 Å². The third kappa shape index (κ3) is 2.03. The summed E-state index contributed by atoms with van der Waals surface area (Å²) < 4.78 is 0. The topological polar surface area (TPSA) is 20.2 Å². The lowest BCUT2D eigenvalue weighted by Gasteiger charge is -2.08. The maximum absolute atomic E-state index is 10.3. The van der Waals surface area contributed by atoms with E-state index < -0.39 is 0 Å². The number of phenolic OH excluding ortho intramolecular Hbond substituents is 1. The smallest absolute Gasteiger partial charge is 0.124 e. The molecule has 0 saturated carbocycles. The first-order chi connectivity index (χ1) is 10.3. The van der Waals surface area contributed by atoms with Crippen molar-refractivity contribution in [2.45, 2.75) is 0 Å². The third-order valence-electron chi connectivity index (χ3n) is 3.92. The Morgan fingerprint density at radius 1 is 0.524 bits per heavy atom. The lowest BCUT2D eigenvalue weighted by atomic mass is 9.98. The zero-order valence-electron chi connectivity index (χ0n) is 11.5. The molecule has 4 aromatic carbocycles. The number of benzene rings is 4. The fourth-order valence-electron chi connectivity index (χ4n) is 2.82. The highest BCUT2D eigenvalue weighted by Gasteiger charge is 2.07. The largest absolute Gasteiger partial charge is 0.507 e. The van der Waals surface area contributed by atoms with Crippen molar-refractivity contribution in [3.8, 4) is 16.9 Å². The second-order valence-corrected chi connectivity index (χ2v) is 5.28. The molecule has 0 radical (unpaired) electrons. The Hall–Kier alpha value is -2.80. The van der Waals surface area contributed by atoms with Crippen LogP contribution in [0.2, 0.25) is 0 Å². The fraction of sp³-hybridized carbons (Fsp3) is 0. The maximum Gasteiger partial charge on any atom is 0.124 e. The Bertz CT molecular complexity index is 954. The molecule has 0 amide bonds. The molecule has 0 aliphatic heterocycles. The van der Waals surface area contributed by atoms with Crippen LogP contribution in [0.4, 0.5) is 0 Å². The maximum atomic E-state index is 10.3. The van der Waals surface area contributed by atoms with Gasteiger partial charge in [0.2, 0.25) is 0 Å². The Labute approximate surface area is 123 Å². The van der Waals surface area contributed by atoms with Crippen LogP contribution in [0.15, 0.2) is 78.9 Å². The van der Waals surface area contributed by atoms with Crippen molar-refractivity contribution in [1.82, 2.24) is 0 Å². The number of phenols is 1. The summed E-state index contributed by atoms with van der Waals surface area (Å²) >= 11 is 0. The first-order valence-electron chi connectivity index (χ1n) is 7.02. The van der Waals surface area contributed by atoms with Crippen molar-refractivity contribution < 1.29 is 5.11 Å². The number of hydrogen-bond acceptors (Lipinski definition) is 1. The summed E-state index contributed by atoms with van der Waals surface area (Å²) in [5.41, 5.74) is 1.91. The Morgan fingerprint density at radius 2 is 1.10 bits per heavy atom. The summed E-state index contributed by atoms with van der Waals surface area (Å²) in [5, 5.41) is 14.9. The number of aromatic hydroxyl groups is 1. The van der Waals surface area contributed by atoms with Crippen LogP contribution in [-0.4, -0.2) is 5.11 Å². The average molecular weight is 270 g/mol. The second-order valence-electron chi connectivity index (χ2n) is 5.28. The number of fused-ring (bicyclic) bond motifs is 2. The van der Waals surface area contributed by atoms with E-state index in [-0.39, 0.29) is 0 Å². The standard InChI is InChI=1S/C20H14O/c21-20-13-17-8-4-3-7-16(17)12-19(20)18-10-9-14-5-1-2-6-15(14)11-18/h1-13,21H. The Balaban J connectivity index is 1.96. The fourth-order valence-corrected chi connectivity index (χ4v) is 2.82. The summed E-state index contributed by atoms with van der Waals surface area (Å²) in [6, 6.07) is 26.5. The van der Waals surface area contributed by atoms with Gasteiger partial charge in [-0.25, -0.2) is 0 Å². The van der Waals surface area contributed by atoms with E-state index in [0.717, 1.165) is 21.9 Å². The molecule has 0 fully saturated rings. The molecule has 4 rings (SSSR count). The van der Waals surface area contributed by atoms with Crippen molar-refractivity contribution >= 4 is 21.5 Å². The monoisotopic (exact) mass is 270 g/mol. The van der Waals surface area contributed by atoms with Gasteiger partial charge < -0.3 is 5.11 Å². The molecule has 0 heterocycles. The number of rotatable bonds is 1. The molecular weight excluding hydrogens is 256 g/mol. The normalized spacial score (nSPS) is 11.0. The van der Waals surface area contributed by atoms with Crippen LogP contribution in [0.1, 0.15) is 0 Å². The molecule has 1 N–H and O–H groups in total. The van der Waals surface area contributed by atoms with E-state index in [4.69, 9.17) is 0 Å². The summed E-state index contributed by atoms with van der Waals surface area (Å²) in [7, 11) is 0. The van der Waals surface area contributed by atoms with Gasteiger partial charge >= 0.3 is 0 Å². The lowest BCUT2D eigenvalue weighted by Crippen LogP contribution is -1.82. The molecule has 21 heavy (non-hydrogen) atoms. The molecule has 0 aromatic heterocycles. The van der Waals surface area contributed by atoms with Crippen molar-refractivity contribution in [2.75, 3.05) is 0 Å². The lowest BCUT2D eigenvalue weighted by molar-refractivity contribution is 0.478. The van der Waals surface area contributed by atoms with E-state index in [2.05, 4.69) is 42.5 Å². The number of hydrogen-bond donors (Lipinski definition) is 1. The third-order valence-corrected chi connectivity index (χ3v) is 3.92. The predicted molar refractivity (Wildman–Crippen MR) is 88.6 cm³/mol. The first kappa shape index (κ1) is 12.0. The van der Waals surface area contributed by atoms with Crippen LogP contribution in [0.25, 0.3) is 32.7 Å². The van der Waals surface area contributed by atoms with Crippen LogP contribution in [0.3, 0.4) is 0 Å². The van der Waals surface area contributed by atoms with Crippen LogP contribution in [0.5, 0.6) is 5.75 Å². The predicted octanol–water partition coefficient (Wildman–Crippen LogP) is 5.37. The molecule has 4 aromatic rings. The highest BCUT2D eigenvalue weighted by molar-refractivity contribution is 5.93. The Kier molecular flexibility index (Phi) is 2.65. The molecule has 0 aliphatic rings. The minimum absolute atomic E-state index is 0.323. The zero-order valence-corrected chi connectivity index (χ0v) is 11.5. The van der Waals surface area contributed by atoms with Crippen molar-refractivity contribution in [3.05, 3.63) is 78.9 Å². The zero-order chi connectivity index (χ0) is 14.2. The van der Waals surface area contributed by atoms with Gasteiger partial charge in [0.1, 0.15) is 5.75 Å². The van der Waals surface area contributed by atoms with Gasteiger partial charge in [0.25, 0.3) is 0 Å². The molecular formula is C20H14O. The van der Waals surface area contributed by atoms with Crippen molar-refractivity contribution in [3.63, 3.8) is 0 Å². The quantitative estimate of drug-likeness (QED) is 0.493. The van der Waals surface area contributed by atoms with Crippen LogP contribution in [0, 0.1) is 0 Å². The van der Waals surface area contributed by atoms with Crippen molar-refractivity contribution in [1.29, 1.82) is 0 Å². The highest BCUT2D eigenvalue weighted by Crippen LogP contribution is 2.34. The van der Waals surface area contributed by atoms with Gasteiger partial charge in [0, 0.05) is 5.56 Å². The minimum Gasteiger partial charge on any atom is -0.507 e. The van der Waals surface area contributed by atoms with E-state index in [9.17, 15) is 5.11 Å². The van der Waals surface area contributed by atoms with Gasteiger partial charge in [-0.3, -0.25) is 0 Å². The van der Waals surface area contributed by atoms with Gasteiger partial charge in [-0.05, 0) is 45.3 Å². The Morgan fingerprint density at radius 3 is 1.81 bits per heavy atom. The highest BCUT2D eigenvalue weighted by atomic mass is 16.3. The second kappa shape index (κ2) is 4.64. The minimum atomic E-state index is 0.323. The molecule has 0 saturated heterocycles. The van der Waals surface area contributed by atoms with Crippen LogP contribution in [-0.2, 0) is 0 Å². The van der Waals surface area contributed by atoms with Gasteiger partial charge in [0.05, 0.1) is 0 Å². The SMILES string of the molecule is Oc1cc2ccccc2cc1-c1ccc2ccccc2c1. The molecule has 0 unspecified atom stereocenters. The first-order valence-corrected chi connectivity index (χ1v) is 7.02. The molecule has 0 bridgehead atoms. The molecule has 0 atom stereocenters. The molecule has 100 valence electrons. The van der Waals surface area contributed by atoms with Gasteiger partial charge in [0.15, 0.2) is 0 Å². The van der Waals surface area contributed by atoms with Crippen LogP contribution < -0.4 is 0 Å². The average Bonchev–Trinajstić information content (AvgIpc) is 2.54. The summed E-state index contributed by atoms with van der Waals surface area (Å²) in [6.07, 6.45) is 0. The van der Waals surface area contributed by atoms with E-state index in [1.807, 2.05) is 36.4 Å². The molecule has 1 nitrogen and oxygen atoms in total. The van der Waals surface area contributed by atoms with Gasteiger partial charge in [-0.1, -0.05) is 60.7 Å². The van der Waals surface area contributed by atoms with Gasteiger partial charge in [-0.2, -0.15) is 0 Å². The molecule has 1 heteroatoms. The summed E-state index contributed by atoms with van der Waals surface area (Å²) in [5.74, 6) is 0.323. The van der Waals surface area contributed by atoms with E-state index >= 15 is 0 Å². The summed E-state index contributed by atoms with van der Waals surface area (Å²) in [4.78, 5) is 0. The van der Waals surface area contributed by atoms with Gasteiger partial charge in [-0.15, -0.1) is 0 Å². The van der Waals surface area contributed by atoms with E-state index in [1.165, 1.54) is 10.8 Å². The van der Waals surface area contributed by atoms with Crippen LogP contribution >= 0.6 is 0 Å². The van der Waals surface area contributed by atoms with E-state index in [1.54, 1.807) is 0 Å².